The minimum Gasteiger partial charge on any atom is -0.907 e. The minimum absolute atomic E-state index is 0. The van der Waals surface area contributed by atoms with Crippen molar-refractivity contribution in [3.63, 3.8) is 0 Å². The summed E-state index contributed by atoms with van der Waals surface area (Å²) in [6.07, 6.45) is 1.75. The Morgan fingerprint density at radius 3 is 0.355 bits per heavy atom. The minimum atomic E-state index is -2.92. The molecule has 0 radical (unpaired) electrons. The molecule has 0 bridgehead atoms. The van der Waals surface area contributed by atoms with Crippen LogP contribution in [-0.2, 0) is 0 Å². The molecule has 0 aromatic rings. The smallest absolute Gasteiger partial charge is 0.907 e. The predicted molar refractivity (Wildman–Crippen MR) is 38.9 cm³/mol. The van der Waals surface area contributed by atoms with Crippen molar-refractivity contribution >= 4 is 29.3 Å². The Bertz CT molecular complexity index is 127. The first kappa shape index (κ1) is 119. The van der Waals surface area contributed by atoms with E-state index in [0.29, 0.717) is 0 Å². The third kappa shape index (κ3) is 987. The van der Waals surface area contributed by atoms with Crippen LogP contribution in [0.2, 0.25) is 0 Å². The van der Waals surface area contributed by atoms with Crippen LogP contribution in [0.4, 0.5) is 0 Å². The van der Waals surface area contributed by atoms with Crippen LogP contribution in [0, 0.1) is 0 Å². The molecule has 0 aromatic heterocycles. The summed E-state index contributed by atoms with van der Waals surface area (Å²) in [7, 11) is -11.7. The second-order valence-electron chi connectivity index (χ2n) is 1.56. The maximum Gasteiger partial charge on any atom is 1.00 e. The topological polar surface area (TPSA) is 277 Å². The second kappa shape index (κ2) is 121. The Hall–Kier alpha value is 6.69. The zero-order chi connectivity index (χ0) is 17.0. The summed E-state index contributed by atoms with van der Waals surface area (Å²) in [5.41, 5.74) is 0. The fraction of sp³-hybridized carbons (Fsp3) is 0.333. The molecule has 0 aliphatic heterocycles. The van der Waals surface area contributed by atoms with Crippen LogP contribution in [0.25, 0.3) is 0 Å². The van der Waals surface area contributed by atoms with Crippen molar-refractivity contribution in [1.29, 1.82) is 0 Å². The molecule has 0 unspecified atom stereocenters. The van der Waals surface area contributed by atoms with Gasteiger partial charge in [-0.2, -0.15) is 0 Å². The third-order valence-electron chi connectivity index (χ3n) is 0. The van der Waals surface area contributed by atoms with Crippen molar-refractivity contribution in [1.82, 2.24) is 0 Å². The van der Waals surface area contributed by atoms with Crippen LogP contribution < -0.4 is 287 Å². The molecule has 0 saturated heterocycles. The predicted octanol–water partition coefficient (Wildman–Crippen LogP) is -50.6. The molecule has 114 valence electrons. The van der Waals surface area contributed by atoms with E-state index in [4.69, 9.17) is 60.3 Å². The Kier molecular flexibility index (Phi) is 461. The Morgan fingerprint density at radius 2 is 0.355 bits per heavy atom. The average Bonchev–Trinajstić information content (AvgIpc) is 1.97. The Morgan fingerprint density at radius 1 is 0.355 bits per heavy atom. The molecular weight excluding hydrogens is 355 g/mol. The van der Waals surface area contributed by atoms with Crippen molar-refractivity contribution in [2.24, 2.45) is 0 Å². The van der Waals surface area contributed by atoms with Gasteiger partial charge in [-0.25, -0.2) is 0 Å². The summed E-state index contributed by atoms with van der Waals surface area (Å²) < 4.78 is 0. The van der Waals surface area contributed by atoms with Gasteiger partial charge in [0, 0.05) is 0 Å². The fourth-order valence-corrected chi connectivity index (χ4v) is 0. The van der Waals surface area contributed by atoms with E-state index >= 15 is 0 Å². The van der Waals surface area contributed by atoms with Gasteiger partial charge in [-0.1, -0.05) is 6.08 Å². The summed E-state index contributed by atoms with van der Waals surface area (Å²) in [5, 5.41) is 101. The zero-order valence-electron chi connectivity index (χ0n) is 21.5. The SMILES string of the molecule is C=CC.[Li+].[Li+].[Li+].[Li+].[Li+].[Li+].[Li+].[Li+].[Li+].[Li+].[Li+].[Li+].[O-]B([O-])[O-].[O-]B([O-])[O-].[O-]B([O-])[O-].[O-]B([O-])[O-]. The zero-order valence-corrected chi connectivity index (χ0v) is 21.5. The summed E-state index contributed by atoms with van der Waals surface area (Å²) >= 11 is 0. The van der Waals surface area contributed by atoms with E-state index in [9.17, 15) is 0 Å². The van der Waals surface area contributed by atoms with E-state index in [1.165, 1.54) is 0 Å². The van der Waals surface area contributed by atoms with Crippen molar-refractivity contribution < 1.29 is 287 Å². The van der Waals surface area contributed by atoms with Crippen LogP contribution in [0.1, 0.15) is 6.92 Å². The quantitative estimate of drug-likeness (QED) is 0.287. The monoisotopic (exact) mass is 362 g/mol. The largest absolute Gasteiger partial charge is 1.00 e. The van der Waals surface area contributed by atoms with E-state index in [0.717, 1.165) is 0 Å². The summed E-state index contributed by atoms with van der Waals surface area (Å²) in [4.78, 5) is 0. The van der Waals surface area contributed by atoms with Gasteiger partial charge < -0.3 is 60.3 Å². The molecule has 0 aliphatic rings. The van der Waals surface area contributed by atoms with E-state index in [1.54, 1.807) is 6.08 Å². The van der Waals surface area contributed by atoms with Crippen LogP contribution >= 0.6 is 0 Å². The van der Waals surface area contributed by atoms with Gasteiger partial charge >= 0.3 is 226 Å². The molecular formula is C3H6B4Li12O12. The molecule has 0 atom stereocenters. The second-order valence-corrected chi connectivity index (χ2v) is 1.56. The molecule has 28 heteroatoms. The molecule has 0 amide bonds. The maximum atomic E-state index is 8.42. The van der Waals surface area contributed by atoms with Crippen molar-refractivity contribution in [3.8, 4) is 0 Å². The maximum absolute atomic E-state index is 8.42. The Balaban J connectivity index is -0.00000000481. The number of hydrogen-bond acceptors (Lipinski definition) is 12. The molecule has 0 aliphatic carbocycles. The fourth-order valence-electron chi connectivity index (χ4n) is 0. The summed E-state index contributed by atoms with van der Waals surface area (Å²) in [6.45, 7) is 5.25. The van der Waals surface area contributed by atoms with Crippen molar-refractivity contribution in [2.45, 2.75) is 6.92 Å². The van der Waals surface area contributed by atoms with Gasteiger partial charge in [0.1, 0.15) is 0 Å². The van der Waals surface area contributed by atoms with Gasteiger partial charge in [0.2, 0.25) is 0 Å². The number of allylic oxidation sites excluding steroid dienone is 1. The van der Waals surface area contributed by atoms with Crippen LogP contribution in [0.15, 0.2) is 12.7 Å². The molecule has 0 aromatic carbocycles. The molecule has 0 heterocycles. The van der Waals surface area contributed by atoms with E-state index in [-0.39, 0.29) is 226 Å². The first-order chi connectivity index (χ1) is 8.34. The summed E-state index contributed by atoms with van der Waals surface area (Å²) in [6, 6.07) is 0. The van der Waals surface area contributed by atoms with Crippen LogP contribution in [0.3, 0.4) is 0 Å². The molecule has 0 saturated carbocycles. The van der Waals surface area contributed by atoms with E-state index < -0.39 is 29.3 Å². The van der Waals surface area contributed by atoms with Gasteiger partial charge in [0.15, 0.2) is 0 Å². The van der Waals surface area contributed by atoms with Crippen molar-refractivity contribution in [3.05, 3.63) is 12.7 Å². The van der Waals surface area contributed by atoms with Gasteiger partial charge in [-0.15, -0.1) is 6.58 Å². The van der Waals surface area contributed by atoms with Gasteiger partial charge in [-0.3, -0.25) is 29.3 Å². The first-order valence-electron chi connectivity index (χ1n) is 3.81. The molecule has 0 rings (SSSR count). The molecule has 0 N–H and O–H groups in total. The first-order valence-corrected chi connectivity index (χ1v) is 3.81. The van der Waals surface area contributed by atoms with Crippen LogP contribution in [0.5, 0.6) is 0 Å². The number of rotatable bonds is 0. The molecule has 0 fully saturated rings. The Labute approximate surface area is 330 Å². The van der Waals surface area contributed by atoms with Gasteiger partial charge in [0.05, 0.1) is 0 Å². The van der Waals surface area contributed by atoms with Gasteiger partial charge in [-0.05, 0) is 6.92 Å². The standard InChI is InChI=1S/C3H6.4BO3.12Li/c1-3-2;4*2-1(3)4;;;;;;;;;;;;/h3H,1H2,2H3;;;;;;;;;;;;;;;;/q;4*-3;12*+1. The normalized spacial score (nSPS) is 3.90. The van der Waals surface area contributed by atoms with Crippen molar-refractivity contribution in [2.75, 3.05) is 0 Å². The van der Waals surface area contributed by atoms with Crippen LogP contribution in [-0.4, -0.2) is 29.3 Å². The van der Waals surface area contributed by atoms with E-state index in [2.05, 4.69) is 6.58 Å². The molecule has 31 heavy (non-hydrogen) atoms. The number of hydrogen-bond donors (Lipinski definition) is 0. The average molecular weight is 361 g/mol. The van der Waals surface area contributed by atoms with Gasteiger partial charge in [0.25, 0.3) is 0 Å². The third-order valence-corrected chi connectivity index (χ3v) is 0. The van der Waals surface area contributed by atoms with E-state index in [1.807, 2.05) is 6.92 Å². The summed E-state index contributed by atoms with van der Waals surface area (Å²) in [5.74, 6) is 0. The molecule has 0 spiro atoms. The molecule has 12 nitrogen and oxygen atoms in total.